The molecule has 2 aromatic carbocycles. The molecule has 1 aromatic heterocycles. The van der Waals surface area contributed by atoms with Crippen LogP contribution in [0.25, 0.3) is 10.8 Å². The second kappa shape index (κ2) is 5.45. The van der Waals surface area contributed by atoms with Crippen LogP contribution in [0.1, 0.15) is 0 Å². The first kappa shape index (κ1) is 14.0. The van der Waals surface area contributed by atoms with Gasteiger partial charge in [0.1, 0.15) is 6.26 Å². The Bertz CT molecular complexity index is 779. The van der Waals surface area contributed by atoms with Crippen molar-refractivity contribution in [2.75, 3.05) is 30.9 Å². The lowest BCUT2D eigenvalue weighted by Gasteiger charge is -2.20. The third-order valence-corrected chi connectivity index (χ3v) is 4.02. The number of halogens is 1. The Kier molecular flexibility index (Phi) is 3.64. The van der Waals surface area contributed by atoms with Gasteiger partial charge in [-0.15, -0.1) is 0 Å². The third-order valence-electron chi connectivity index (χ3n) is 3.56. The third kappa shape index (κ3) is 2.63. The van der Waals surface area contributed by atoms with Gasteiger partial charge >= 0.3 is 0 Å². The maximum Gasteiger partial charge on any atom is 0.207 e. The number of benzene rings is 2. The van der Waals surface area contributed by atoms with Crippen LogP contribution in [0.4, 0.5) is 17.3 Å². The number of hydrogen-bond donors (Lipinski definition) is 0. The highest BCUT2D eigenvalue weighted by Crippen LogP contribution is 2.35. The zero-order valence-corrected chi connectivity index (χ0v) is 13.9. The zero-order chi connectivity index (χ0) is 15.0. The van der Waals surface area contributed by atoms with Gasteiger partial charge in [-0.1, -0.05) is 34.1 Å². The molecule has 3 rings (SSSR count). The fourth-order valence-corrected chi connectivity index (χ4v) is 2.83. The van der Waals surface area contributed by atoms with E-state index in [1.165, 1.54) is 0 Å². The molecule has 0 unspecified atom stereocenters. The van der Waals surface area contributed by atoms with Crippen molar-refractivity contribution in [2.45, 2.75) is 0 Å². The van der Waals surface area contributed by atoms with E-state index in [-0.39, 0.29) is 0 Å². The Morgan fingerprint density at radius 2 is 1.67 bits per heavy atom. The van der Waals surface area contributed by atoms with Gasteiger partial charge < -0.3 is 14.2 Å². The number of hydrogen-bond acceptors (Lipinski definition) is 3. The Balaban J connectivity index is 2.08. The van der Waals surface area contributed by atoms with Gasteiger partial charge in [0.15, 0.2) is 0 Å². The van der Waals surface area contributed by atoms with E-state index in [1.807, 2.05) is 33.3 Å². The SMILES string of the molecule is CN(C)c1cc(Br)cc(N(C)c2occ3ccccc23)c1. The number of fused-ring (bicyclic) bond motifs is 1. The molecule has 108 valence electrons. The summed E-state index contributed by atoms with van der Waals surface area (Å²) in [4.78, 5) is 4.16. The highest BCUT2D eigenvalue weighted by Gasteiger charge is 2.13. The minimum Gasteiger partial charge on any atom is -0.447 e. The van der Waals surface area contributed by atoms with Gasteiger partial charge in [0.2, 0.25) is 5.88 Å². The number of nitrogens with zero attached hydrogens (tertiary/aromatic N) is 2. The Labute approximate surface area is 132 Å². The van der Waals surface area contributed by atoms with Crippen LogP contribution >= 0.6 is 15.9 Å². The van der Waals surface area contributed by atoms with E-state index in [0.29, 0.717) is 0 Å². The van der Waals surface area contributed by atoms with Crippen molar-refractivity contribution in [3.63, 3.8) is 0 Å². The molecule has 0 fully saturated rings. The molecule has 0 aliphatic heterocycles. The average Bonchev–Trinajstić information content (AvgIpc) is 2.89. The highest BCUT2D eigenvalue weighted by molar-refractivity contribution is 9.10. The maximum atomic E-state index is 5.77. The van der Waals surface area contributed by atoms with E-state index in [1.54, 1.807) is 6.26 Å². The monoisotopic (exact) mass is 344 g/mol. The predicted octanol–water partition coefficient (Wildman–Crippen LogP) is 5.03. The van der Waals surface area contributed by atoms with Crippen LogP contribution < -0.4 is 9.80 Å². The smallest absolute Gasteiger partial charge is 0.207 e. The van der Waals surface area contributed by atoms with Gasteiger partial charge in [-0.05, 0) is 24.3 Å². The molecule has 0 spiro atoms. The Morgan fingerprint density at radius 3 is 2.43 bits per heavy atom. The van der Waals surface area contributed by atoms with Crippen molar-refractivity contribution >= 4 is 44.0 Å². The first-order valence-corrected chi connectivity index (χ1v) is 7.53. The number of furan rings is 1. The standard InChI is InChI=1S/C17H17BrN2O/c1-19(2)14-8-13(18)9-15(10-14)20(3)17-16-7-5-4-6-12(16)11-21-17/h4-11H,1-3H3. The second-order valence-corrected chi connectivity index (χ2v) is 6.16. The van der Waals surface area contributed by atoms with Crippen molar-refractivity contribution in [3.8, 4) is 0 Å². The van der Waals surface area contributed by atoms with Crippen LogP contribution in [0, 0.1) is 0 Å². The lowest BCUT2D eigenvalue weighted by atomic mass is 10.2. The molecule has 0 radical (unpaired) electrons. The molecule has 0 aliphatic rings. The lowest BCUT2D eigenvalue weighted by molar-refractivity contribution is 0.574. The minimum atomic E-state index is 0.855. The largest absolute Gasteiger partial charge is 0.447 e. The predicted molar refractivity (Wildman–Crippen MR) is 92.7 cm³/mol. The Hall–Kier alpha value is -1.94. The number of rotatable bonds is 3. The van der Waals surface area contributed by atoms with Crippen molar-refractivity contribution in [3.05, 3.63) is 53.2 Å². The quantitative estimate of drug-likeness (QED) is 0.664. The summed E-state index contributed by atoms with van der Waals surface area (Å²) in [5.41, 5.74) is 2.22. The Morgan fingerprint density at radius 1 is 0.952 bits per heavy atom. The lowest BCUT2D eigenvalue weighted by Crippen LogP contribution is -2.12. The molecule has 0 saturated heterocycles. The molecule has 0 bridgehead atoms. The van der Waals surface area contributed by atoms with Crippen molar-refractivity contribution < 1.29 is 4.42 Å². The van der Waals surface area contributed by atoms with E-state index in [0.717, 1.165) is 32.5 Å². The molecular formula is C17H17BrN2O. The van der Waals surface area contributed by atoms with E-state index < -0.39 is 0 Å². The summed E-state index contributed by atoms with van der Waals surface area (Å²) < 4.78 is 6.82. The summed E-state index contributed by atoms with van der Waals surface area (Å²) in [7, 11) is 6.09. The summed E-state index contributed by atoms with van der Waals surface area (Å²) in [5.74, 6) is 0.855. The van der Waals surface area contributed by atoms with Crippen LogP contribution in [0.3, 0.4) is 0 Å². The second-order valence-electron chi connectivity index (χ2n) is 5.25. The molecule has 0 saturated carbocycles. The first-order valence-electron chi connectivity index (χ1n) is 6.74. The highest BCUT2D eigenvalue weighted by atomic mass is 79.9. The molecule has 0 amide bonds. The van der Waals surface area contributed by atoms with Gasteiger partial charge in [0.05, 0.1) is 0 Å². The van der Waals surface area contributed by atoms with Crippen molar-refractivity contribution in [2.24, 2.45) is 0 Å². The summed E-state index contributed by atoms with van der Waals surface area (Å²) in [6.07, 6.45) is 1.80. The molecule has 0 N–H and O–H groups in total. The van der Waals surface area contributed by atoms with Gasteiger partial charge in [0.25, 0.3) is 0 Å². The zero-order valence-electron chi connectivity index (χ0n) is 12.3. The minimum absolute atomic E-state index is 0.855. The molecule has 0 aliphatic carbocycles. The maximum absolute atomic E-state index is 5.77. The van der Waals surface area contributed by atoms with E-state index in [4.69, 9.17) is 4.42 Å². The fourth-order valence-electron chi connectivity index (χ4n) is 2.37. The molecule has 1 heterocycles. The van der Waals surface area contributed by atoms with Gasteiger partial charge in [0, 0.05) is 47.8 Å². The first-order chi connectivity index (χ1) is 10.1. The summed E-state index contributed by atoms with van der Waals surface area (Å²) >= 11 is 3.58. The van der Waals surface area contributed by atoms with Crippen LogP contribution in [0.5, 0.6) is 0 Å². The number of anilines is 3. The molecule has 3 aromatic rings. The molecule has 21 heavy (non-hydrogen) atoms. The van der Waals surface area contributed by atoms with Gasteiger partial charge in [-0.25, -0.2) is 0 Å². The molecule has 3 nitrogen and oxygen atoms in total. The fraction of sp³-hybridized carbons (Fsp3) is 0.176. The van der Waals surface area contributed by atoms with E-state index in [2.05, 4.69) is 56.1 Å². The van der Waals surface area contributed by atoms with Crippen LogP contribution in [0.15, 0.2) is 57.6 Å². The van der Waals surface area contributed by atoms with Crippen LogP contribution in [-0.2, 0) is 0 Å². The normalized spacial score (nSPS) is 10.9. The summed E-state index contributed by atoms with van der Waals surface area (Å²) in [5, 5.41) is 2.23. The summed E-state index contributed by atoms with van der Waals surface area (Å²) in [6, 6.07) is 14.5. The topological polar surface area (TPSA) is 19.6 Å². The molecule has 0 atom stereocenters. The van der Waals surface area contributed by atoms with Gasteiger partial charge in [-0.2, -0.15) is 0 Å². The molecule has 4 heteroatoms. The van der Waals surface area contributed by atoms with Crippen LogP contribution in [0.2, 0.25) is 0 Å². The van der Waals surface area contributed by atoms with Gasteiger partial charge in [-0.3, -0.25) is 0 Å². The van der Waals surface area contributed by atoms with Crippen molar-refractivity contribution in [1.29, 1.82) is 0 Å². The van der Waals surface area contributed by atoms with Crippen molar-refractivity contribution in [1.82, 2.24) is 0 Å². The van der Waals surface area contributed by atoms with Crippen LogP contribution in [-0.4, -0.2) is 21.1 Å². The van der Waals surface area contributed by atoms with E-state index in [9.17, 15) is 0 Å². The average molecular weight is 345 g/mol. The van der Waals surface area contributed by atoms with E-state index >= 15 is 0 Å². The molecular weight excluding hydrogens is 328 g/mol. The summed E-state index contributed by atoms with van der Waals surface area (Å²) in [6.45, 7) is 0.